The van der Waals surface area contributed by atoms with Crippen molar-refractivity contribution in [2.45, 2.75) is 224 Å². The number of hydrogen-bond acceptors (Lipinski definition) is 8. The maximum absolute atomic E-state index is 12.9. The molecule has 1 rings (SSSR count). The molecule has 0 saturated carbocycles. The second kappa shape index (κ2) is 44.7. The lowest BCUT2D eigenvalue weighted by molar-refractivity contribution is -0.302. The van der Waals surface area contributed by atoms with Crippen LogP contribution in [0.5, 0.6) is 0 Å². The van der Waals surface area contributed by atoms with Crippen molar-refractivity contribution in [1.82, 2.24) is 5.32 Å². The maximum atomic E-state index is 12.9. The second-order valence-electron chi connectivity index (χ2n) is 17.2. The standard InChI is InChI=1S/C56H93NO8/c1-3-5-7-9-11-12-13-14-15-16-17-18-19-20-21-22-23-24-25-26-27-28-29-30-31-32-33-34-35-36-37-38-40-42-44-46-52(60)57-49(50(59)45-43-41-39-10-8-6-4-2)48-64-56-55(63)54(62)53(61)51(47-58)65-56/h5,7,11-12,14-15,17-18,20-21,23-24,26-27,29-30,43,45,49-51,53-56,58-59,61-63H,3-4,6,8-10,13,16,19,22,25,28,31-42,44,46-48H2,1-2H3,(H,57,60)/b7-5-,12-11-,15-14-,18-17-,21-20-,24-23-,27-26-,30-29-,45-43+. The minimum Gasteiger partial charge on any atom is -0.394 e. The summed E-state index contributed by atoms with van der Waals surface area (Å²) < 4.78 is 11.2. The number of unbranched alkanes of at least 4 members (excludes halogenated alkanes) is 15. The van der Waals surface area contributed by atoms with E-state index in [4.69, 9.17) is 9.47 Å². The fraction of sp³-hybridized carbons (Fsp3) is 0.661. The van der Waals surface area contributed by atoms with Gasteiger partial charge in [-0.25, -0.2) is 0 Å². The van der Waals surface area contributed by atoms with Gasteiger partial charge in [-0.15, -0.1) is 0 Å². The molecule has 1 amide bonds. The molecule has 0 aromatic heterocycles. The number of aliphatic hydroxyl groups is 5. The van der Waals surface area contributed by atoms with Crippen molar-refractivity contribution in [3.63, 3.8) is 0 Å². The van der Waals surface area contributed by atoms with Crippen LogP contribution in [0.3, 0.4) is 0 Å². The molecule has 1 aliphatic rings. The van der Waals surface area contributed by atoms with E-state index < -0.39 is 49.5 Å². The number of rotatable bonds is 41. The summed E-state index contributed by atoms with van der Waals surface area (Å²) >= 11 is 0. The molecule has 1 saturated heterocycles. The van der Waals surface area contributed by atoms with Gasteiger partial charge in [0.2, 0.25) is 5.91 Å². The van der Waals surface area contributed by atoms with E-state index in [0.717, 1.165) is 103 Å². The lowest BCUT2D eigenvalue weighted by Crippen LogP contribution is -2.60. The van der Waals surface area contributed by atoms with Crippen LogP contribution in [-0.2, 0) is 14.3 Å². The molecule has 370 valence electrons. The molecule has 0 aliphatic carbocycles. The van der Waals surface area contributed by atoms with Crippen molar-refractivity contribution >= 4 is 5.91 Å². The summed E-state index contributed by atoms with van der Waals surface area (Å²) in [6.07, 6.45) is 58.9. The van der Waals surface area contributed by atoms with E-state index in [9.17, 15) is 30.3 Å². The fourth-order valence-electron chi connectivity index (χ4n) is 7.29. The Morgan fingerprint density at radius 1 is 0.538 bits per heavy atom. The SMILES string of the molecule is CC/C=C\C/C=C\C/C=C\C/C=C\C/C=C\C/C=C\C/C=C\C/C=C\CCCCCCCCCCCCC(=O)NC(COC1OC(CO)C(O)C(O)C1O)C(O)/C=C/CCCCCCC. The predicted molar refractivity (Wildman–Crippen MR) is 271 cm³/mol. The third-order valence-electron chi connectivity index (χ3n) is 11.4. The van der Waals surface area contributed by atoms with Gasteiger partial charge in [0.05, 0.1) is 25.4 Å². The summed E-state index contributed by atoms with van der Waals surface area (Å²) in [5.41, 5.74) is 0. The van der Waals surface area contributed by atoms with E-state index in [1.54, 1.807) is 6.08 Å². The lowest BCUT2D eigenvalue weighted by atomic mass is 9.99. The minimum absolute atomic E-state index is 0.192. The van der Waals surface area contributed by atoms with Gasteiger partial charge in [-0.3, -0.25) is 4.79 Å². The van der Waals surface area contributed by atoms with Gasteiger partial charge in [0.1, 0.15) is 24.4 Å². The summed E-state index contributed by atoms with van der Waals surface area (Å²) in [5.74, 6) is -0.192. The van der Waals surface area contributed by atoms with E-state index in [1.165, 1.54) is 57.8 Å². The highest BCUT2D eigenvalue weighted by Gasteiger charge is 2.44. The Kier molecular flexibility index (Phi) is 41.1. The number of carbonyl (C=O) groups excluding carboxylic acids is 1. The molecule has 9 heteroatoms. The highest BCUT2D eigenvalue weighted by atomic mass is 16.7. The van der Waals surface area contributed by atoms with Crippen molar-refractivity contribution in [3.8, 4) is 0 Å². The molecular weight excluding hydrogens is 815 g/mol. The molecule has 7 unspecified atom stereocenters. The molecule has 0 spiro atoms. The van der Waals surface area contributed by atoms with E-state index in [0.29, 0.717) is 6.42 Å². The fourth-order valence-corrected chi connectivity index (χ4v) is 7.29. The summed E-state index contributed by atoms with van der Waals surface area (Å²) in [7, 11) is 0. The summed E-state index contributed by atoms with van der Waals surface area (Å²) in [4.78, 5) is 12.9. The Labute approximate surface area is 396 Å². The van der Waals surface area contributed by atoms with E-state index in [1.807, 2.05) is 6.08 Å². The Balaban J connectivity index is 2.12. The summed E-state index contributed by atoms with van der Waals surface area (Å²) in [6.45, 7) is 3.57. The lowest BCUT2D eigenvalue weighted by Gasteiger charge is -2.40. The number of amides is 1. The first-order valence-corrected chi connectivity index (χ1v) is 25.6. The van der Waals surface area contributed by atoms with Crippen LogP contribution in [-0.4, -0.2) is 87.5 Å². The van der Waals surface area contributed by atoms with Crippen LogP contribution < -0.4 is 5.32 Å². The largest absolute Gasteiger partial charge is 0.394 e. The van der Waals surface area contributed by atoms with Crippen LogP contribution in [0, 0.1) is 0 Å². The normalized spacial score (nSPS) is 20.9. The van der Waals surface area contributed by atoms with Gasteiger partial charge >= 0.3 is 0 Å². The smallest absolute Gasteiger partial charge is 0.220 e. The Bertz CT molecular complexity index is 1380. The van der Waals surface area contributed by atoms with Gasteiger partial charge in [-0.05, 0) is 83.5 Å². The molecule has 65 heavy (non-hydrogen) atoms. The Morgan fingerprint density at radius 3 is 1.42 bits per heavy atom. The van der Waals surface area contributed by atoms with Crippen LogP contribution in [0.2, 0.25) is 0 Å². The number of carbonyl (C=O) groups is 1. The van der Waals surface area contributed by atoms with E-state index in [2.05, 4.69) is 116 Å². The third-order valence-corrected chi connectivity index (χ3v) is 11.4. The van der Waals surface area contributed by atoms with E-state index >= 15 is 0 Å². The Hall–Kier alpha value is -3.15. The quantitative estimate of drug-likeness (QED) is 0.0262. The molecular formula is C56H93NO8. The molecule has 1 aliphatic heterocycles. The van der Waals surface area contributed by atoms with Gasteiger partial charge in [0, 0.05) is 6.42 Å². The van der Waals surface area contributed by atoms with Crippen LogP contribution in [0.15, 0.2) is 109 Å². The van der Waals surface area contributed by atoms with Crippen LogP contribution in [0.25, 0.3) is 0 Å². The molecule has 7 atom stereocenters. The predicted octanol–water partition coefficient (Wildman–Crippen LogP) is 11.8. The number of allylic oxidation sites excluding steroid dienone is 17. The molecule has 6 N–H and O–H groups in total. The van der Waals surface area contributed by atoms with Crippen LogP contribution in [0.4, 0.5) is 0 Å². The topological polar surface area (TPSA) is 149 Å². The van der Waals surface area contributed by atoms with E-state index in [-0.39, 0.29) is 12.5 Å². The monoisotopic (exact) mass is 908 g/mol. The molecule has 0 aromatic carbocycles. The average molecular weight is 908 g/mol. The first-order chi connectivity index (χ1) is 31.8. The molecule has 0 radical (unpaired) electrons. The zero-order valence-corrected chi connectivity index (χ0v) is 40.7. The van der Waals surface area contributed by atoms with Crippen molar-refractivity contribution in [3.05, 3.63) is 109 Å². The van der Waals surface area contributed by atoms with Crippen molar-refractivity contribution < 1.29 is 39.8 Å². The number of hydrogen-bond donors (Lipinski definition) is 6. The molecule has 1 heterocycles. The summed E-state index contributed by atoms with van der Waals surface area (Å²) in [5, 5.41) is 54.0. The van der Waals surface area contributed by atoms with Gasteiger partial charge in [-0.2, -0.15) is 0 Å². The summed E-state index contributed by atoms with van der Waals surface area (Å²) in [6, 6.07) is -0.811. The molecule has 0 bridgehead atoms. The highest BCUT2D eigenvalue weighted by molar-refractivity contribution is 5.76. The van der Waals surface area contributed by atoms with Crippen molar-refractivity contribution in [2.24, 2.45) is 0 Å². The van der Waals surface area contributed by atoms with Gasteiger partial charge < -0.3 is 40.3 Å². The highest BCUT2D eigenvalue weighted by Crippen LogP contribution is 2.22. The minimum atomic E-state index is -1.57. The van der Waals surface area contributed by atoms with Gasteiger partial charge in [0.15, 0.2) is 6.29 Å². The number of aliphatic hydroxyl groups excluding tert-OH is 5. The zero-order valence-electron chi connectivity index (χ0n) is 40.7. The first-order valence-electron chi connectivity index (χ1n) is 25.6. The maximum Gasteiger partial charge on any atom is 0.220 e. The third kappa shape index (κ3) is 34.8. The van der Waals surface area contributed by atoms with Crippen molar-refractivity contribution in [1.29, 1.82) is 0 Å². The second-order valence-corrected chi connectivity index (χ2v) is 17.2. The molecule has 9 nitrogen and oxygen atoms in total. The zero-order chi connectivity index (χ0) is 47.3. The Morgan fingerprint density at radius 2 is 0.954 bits per heavy atom. The first kappa shape index (κ1) is 59.9. The van der Waals surface area contributed by atoms with Crippen LogP contribution in [0.1, 0.15) is 181 Å². The van der Waals surface area contributed by atoms with Gasteiger partial charge in [0.25, 0.3) is 0 Å². The molecule has 0 aromatic rings. The van der Waals surface area contributed by atoms with Crippen LogP contribution >= 0.6 is 0 Å². The average Bonchev–Trinajstić information content (AvgIpc) is 3.31. The number of nitrogens with one attached hydrogen (secondary N) is 1. The molecule has 1 fully saturated rings. The van der Waals surface area contributed by atoms with Crippen molar-refractivity contribution in [2.75, 3.05) is 13.2 Å². The van der Waals surface area contributed by atoms with Gasteiger partial charge in [-0.1, -0.05) is 200 Å². The number of ether oxygens (including phenoxy) is 2.